The van der Waals surface area contributed by atoms with E-state index in [0.717, 1.165) is 53.2 Å². The molecule has 1 unspecified atom stereocenters. The predicted molar refractivity (Wildman–Crippen MR) is 172 cm³/mol. The molecule has 12 heteroatoms. The third kappa shape index (κ3) is 6.08. The molecule has 9 nitrogen and oxygen atoms in total. The van der Waals surface area contributed by atoms with Crippen LogP contribution < -0.4 is 11.1 Å². The lowest BCUT2D eigenvalue weighted by molar-refractivity contribution is -0.961. The first-order valence-electron chi connectivity index (χ1n) is 17.2. The van der Waals surface area contributed by atoms with Crippen molar-refractivity contribution in [2.24, 2.45) is 5.92 Å². The summed E-state index contributed by atoms with van der Waals surface area (Å²) < 4.78 is 51.9. The number of carbonyl (C=O) groups is 1. The number of nitrogens with one attached hydrogen (secondary N) is 1. The minimum atomic E-state index is -4.67. The van der Waals surface area contributed by atoms with Gasteiger partial charge in [0.2, 0.25) is 0 Å². The quantitative estimate of drug-likeness (QED) is 0.339. The lowest BCUT2D eigenvalue weighted by atomic mass is 9.71. The van der Waals surface area contributed by atoms with Crippen LogP contribution in [0.15, 0.2) is 47.5 Å². The Morgan fingerprint density at radius 3 is 2.47 bits per heavy atom. The third-order valence-electron chi connectivity index (χ3n) is 11.2. The van der Waals surface area contributed by atoms with Gasteiger partial charge in [-0.05, 0) is 93.7 Å². The average Bonchev–Trinajstić information content (AvgIpc) is 3.43. The summed E-state index contributed by atoms with van der Waals surface area (Å²) in [5.41, 5.74) is 4.52. The summed E-state index contributed by atoms with van der Waals surface area (Å²) in [7, 11) is 3.49. The van der Waals surface area contributed by atoms with Crippen LogP contribution in [0.5, 0.6) is 0 Å². The topological polar surface area (TPSA) is 71.2 Å². The van der Waals surface area contributed by atoms with Gasteiger partial charge in [0.15, 0.2) is 6.67 Å². The first-order valence-corrected chi connectivity index (χ1v) is 17.2. The summed E-state index contributed by atoms with van der Waals surface area (Å²) in [4.78, 5) is 30.1. The van der Waals surface area contributed by atoms with Crippen molar-refractivity contribution in [2.75, 3.05) is 47.0 Å². The van der Waals surface area contributed by atoms with Gasteiger partial charge in [0, 0.05) is 37.3 Å². The number of rotatable bonds is 5. The minimum absolute atomic E-state index is 0.137. The zero-order chi connectivity index (χ0) is 32.9. The van der Waals surface area contributed by atoms with E-state index in [0.29, 0.717) is 36.6 Å². The van der Waals surface area contributed by atoms with Gasteiger partial charge in [0.25, 0.3) is 0 Å². The Hall–Kier alpha value is -3.35. The van der Waals surface area contributed by atoms with Crippen molar-refractivity contribution >= 4 is 11.6 Å². The van der Waals surface area contributed by atoms with Crippen LogP contribution in [0.25, 0.3) is 11.2 Å². The smallest absolute Gasteiger partial charge is 0.418 e. The number of likely N-dealkylation sites (N-methyl/N-ethyl adjacent to an activating group) is 1. The van der Waals surface area contributed by atoms with Crippen LogP contribution in [0.3, 0.4) is 0 Å². The van der Waals surface area contributed by atoms with Crippen LogP contribution in [-0.4, -0.2) is 82.6 Å². The van der Waals surface area contributed by atoms with Crippen molar-refractivity contribution in [3.05, 3.63) is 69.9 Å². The Kier molecular flexibility index (Phi) is 8.63. The van der Waals surface area contributed by atoms with Gasteiger partial charge < -0.3 is 9.64 Å². The molecule has 254 valence electrons. The molecule has 3 aliphatic heterocycles. The van der Waals surface area contributed by atoms with Gasteiger partial charge in [0.1, 0.15) is 6.17 Å². The molecule has 4 fully saturated rings. The average molecular weight is 656 g/mol. The number of halogens is 3. The molecule has 1 N–H and O–H groups in total. The van der Waals surface area contributed by atoms with E-state index in [1.807, 2.05) is 12.1 Å². The van der Waals surface area contributed by atoms with Gasteiger partial charge in [-0.15, -0.1) is 5.43 Å². The van der Waals surface area contributed by atoms with Crippen molar-refractivity contribution < 1.29 is 27.3 Å². The van der Waals surface area contributed by atoms with Gasteiger partial charge in [-0.1, -0.05) is 18.6 Å². The molecule has 1 aliphatic carbocycles. The van der Waals surface area contributed by atoms with Gasteiger partial charge in [0.05, 0.1) is 37.0 Å². The number of carbonyl (C=O) groups excluding carboxylic acids is 1. The summed E-state index contributed by atoms with van der Waals surface area (Å²) >= 11 is 0. The van der Waals surface area contributed by atoms with E-state index >= 15 is 0 Å². The van der Waals surface area contributed by atoms with Crippen LogP contribution in [0.2, 0.25) is 0 Å². The highest BCUT2D eigenvalue weighted by Crippen LogP contribution is 2.44. The maximum Gasteiger partial charge on any atom is 0.418 e. The van der Waals surface area contributed by atoms with Gasteiger partial charge in [-0.25, -0.2) is 19.1 Å². The summed E-state index contributed by atoms with van der Waals surface area (Å²) in [6.45, 7) is 3.92. The Balaban J connectivity index is 1.25. The molecular weight excluding hydrogens is 609 g/mol. The number of fused-ring (bicyclic) bond motifs is 1. The van der Waals surface area contributed by atoms with E-state index in [1.165, 1.54) is 61.1 Å². The van der Waals surface area contributed by atoms with E-state index in [1.54, 1.807) is 6.07 Å². The molecule has 0 bridgehead atoms. The monoisotopic (exact) mass is 655 g/mol. The SMILES string of the molecule is COC(=O)N1CCC[C@@H](c2cc(C(F)(F)F)c3cn(-c4cccc([C@@H](C5CCC5)C5N[N+]6(CCCCCC6)CN5C)c4)c(=O)n3c2)C1. The molecule has 3 atom stereocenters. The molecule has 1 aromatic carbocycles. The summed E-state index contributed by atoms with van der Waals surface area (Å²) in [5.74, 6) is 0.351. The molecule has 3 saturated heterocycles. The van der Waals surface area contributed by atoms with E-state index in [9.17, 15) is 22.8 Å². The molecule has 2 aromatic heterocycles. The van der Waals surface area contributed by atoms with Crippen LogP contribution in [0, 0.1) is 5.92 Å². The van der Waals surface area contributed by atoms with Crippen molar-refractivity contribution in [2.45, 2.75) is 82.0 Å². The van der Waals surface area contributed by atoms with Crippen molar-refractivity contribution in [3.8, 4) is 5.69 Å². The first-order chi connectivity index (χ1) is 22.6. The summed E-state index contributed by atoms with van der Waals surface area (Å²) in [6.07, 6.45) is 7.52. The number of hydrogen-bond donors (Lipinski definition) is 1. The van der Waals surface area contributed by atoms with Crippen LogP contribution in [0.4, 0.5) is 18.0 Å². The Morgan fingerprint density at radius 2 is 1.79 bits per heavy atom. The largest absolute Gasteiger partial charge is 0.453 e. The number of likely N-dealkylation sites (tertiary alicyclic amines) is 1. The van der Waals surface area contributed by atoms with Crippen LogP contribution >= 0.6 is 0 Å². The number of pyridine rings is 1. The molecule has 1 spiro atoms. The number of alkyl halides is 3. The van der Waals surface area contributed by atoms with Crippen molar-refractivity contribution in [1.29, 1.82) is 0 Å². The normalized spacial score (nSPS) is 24.7. The standard InChI is InChI=1S/C35H46F3N6O3/c1-40-23-44(16-5-3-4-6-17-44)39-32(40)31(24-10-7-11-24)25-12-8-14-28(18-25)42-22-30-29(35(36,37)38)19-27(21-43(30)33(42)45)26-13-9-15-41(20-26)34(46)47-2/h8,12,14,18-19,21-22,24,26,31-32,39H,3-7,9-11,13,15-17,20,23H2,1-2H3/q+1/t26-,31-,32?/m1/s1. The van der Waals surface area contributed by atoms with Crippen LogP contribution in [-0.2, 0) is 10.9 Å². The zero-order valence-electron chi connectivity index (χ0n) is 27.3. The van der Waals surface area contributed by atoms with Gasteiger partial charge in [-0.3, -0.25) is 8.97 Å². The Morgan fingerprint density at radius 1 is 1.02 bits per heavy atom. The lowest BCUT2D eigenvalue weighted by Gasteiger charge is -2.39. The van der Waals surface area contributed by atoms with E-state index in [4.69, 9.17) is 4.74 Å². The first kappa shape index (κ1) is 32.2. The second kappa shape index (κ2) is 12.6. The number of hydrogen-bond acceptors (Lipinski definition) is 5. The number of nitrogens with zero attached hydrogens (tertiary/aromatic N) is 5. The zero-order valence-corrected chi connectivity index (χ0v) is 27.3. The number of benzene rings is 1. The van der Waals surface area contributed by atoms with Crippen LogP contribution in [0.1, 0.15) is 86.3 Å². The minimum Gasteiger partial charge on any atom is -0.453 e. The number of quaternary nitrogens is 1. The molecule has 0 radical (unpaired) electrons. The Labute approximate surface area is 273 Å². The molecule has 3 aromatic rings. The molecule has 47 heavy (non-hydrogen) atoms. The maximum atomic E-state index is 14.5. The second-order valence-corrected chi connectivity index (χ2v) is 14.3. The fourth-order valence-corrected chi connectivity index (χ4v) is 8.64. The molecule has 7 rings (SSSR count). The molecule has 5 heterocycles. The molecule has 1 saturated carbocycles. The van der Waals surface area contributed by atoms with Gasteiger partial charge >= 0.3 is 18.0 Å². The fourth-order valence-electron chi connectivity index (χ4n) is 8.64. The third-order valence-corrected chi connectivity index (χ3v) is 11.2. The summed E-state index contributed by atoms with van der Waals surface area (Å²) in [6, 6.07) is 9.00. The predicted octanol–water partition coefficient (Wildman–Crippen LogP) is 6.06. The van der Waals surface area contributed by atoms with Crippen molar-refractivity contribution in [1.82, 2.24) is 24.2 Å². The highest BCUT2D eigenvalue weighted by atomic mass is 19.4. The van der Waals surface area contributed by atoms with E-state index < -0.39 is 23.5 Å². The number of aromatic nitrogens is 2. The van der Waals surface area contributed by atoms with Crippen molar-refractivity contribution in [3.63, 3.8) is 0 Å². The summed E-state index contributed by atoms with van der Waals surface area (Å²) in [5, 5.41) is 0. The van der Waals surface area contributed by atoms with E-state index in [2.05, 4.69) is 23.4 Å². The van der Waals surface area contributed by atoms with Gasteiger partial charge in [-0.2, -0.15) is 13.2 Å². The number of piperidine rings is 1. The highest BCUT2D eigenvalue weighted by Gasteiger charge is 2.48. The maximum absolute atomic E-state index is 14.5. The number of ether oxygens (including phenoxy) is 1. The van der Waals surface area contributed by atoms with E-state index in [-0.39, 0.29) is 30.1 Å². The Bertz CT molecular complexity index is 1670. The molecule has 4 aliphatic rings. The number of methoxy groups -OCH3 is 1. The lowest BCUT2D eigenvalue weighted by Crippen LogP contribution is -2.57. The second-order valence-electron chi connectivity index (χ2n) is 14.3. The number of amides is 1. The molecule has 1 amide bonds. The number of imidazole rings is 1. The fraction of sp³-hybridized carbons (Fsp3) is 0.600. The molecular formula is C35H46F3N6O3+. The highest BCUT2D eigenvalue weighted by molar-refractivity contribution is 5.67.